The van der Waals surface area contributed by atoms with Crippen LogP contribution in [-0.2, 0) is 17.5 Å². The molecule has 32 heavy (non-hydrogen) atoms. The van der Waals surface area contributed by atoms with E-state index in [-0.39, 0.29) is 23.1 Å². The Labute approximate surface area is 187 Å². The molecule has 1 fully saturated rings. The number of nitrogens with one attached hydrogen (secondary N) is 1. The van der Waals surface area contributed by atoms with Gasteiger partial charge in [0.25, 0.3) is 0 Å². The molecule has 4 rings (SSSR count). The maximum atomic E-state index is 13.2. The van der Waals surface area contributed by atoms with E-state index in [1.807, 2.05) is 34.9 Å². The number of carbonyl (C=O) groups is 1. The van der Waals surface area contributed by atoms with Crippen LogP contribution in [0, 0.1) is 17.2 Å². The number of carbonyl (C=O) groups excluding carboxylic acids is 1. The zero-order valence-electron chi connectivity index (χ0n) is 17.3. The van der Waals surface area contributed by atoms with Gasteiger partial charge in [-0.3, -0.25) is 4.79 Å². The summed E-state index contributed by atoms with van der Waals surface area (Å²) in [5.74, 6) is -0.140. The van der Waals surface area contributed by atoms with Gasteiger partial charge < -0.3 is 9.88 Å². The van der Waals surface area contributed by atoms with E-state index in [0.717, 1.165) is 42.3 Å². The quantitative estimate of drug-likeness (QED) is 0.506. The van der Waals surface area contributed by atoms with Gasteiger partial charge in [0.15, 0.2) is 5.16 Å². The molecule has 2 aromatic carbocycles. The Morgan fingerprint density at radius 1 is 1.25 bits per heavy atom. The number of imidazole rings is 1. The predicted molar refractivity (Wildman–Crippen MR) is 116 cm³/mol. The first-order valence-corrected chi connectivity index (χ1v) is 11.1. The third-order valence-corrected chi connectivity index (χ3v) is 6.56. The van der Waals surface area contributed by atoms with Crippen LogP contribution in [0.5, 0.6) is 0 Å². The number of benzene rings is 2. The first kappa shape index (κ1) is 22.2. The number of hydrogen-bond acceptors (Lipinski definition) is 4. The summed E-state index contributed by atoms with van der Waals surface area (Å²) in [7, 11) is 0. The van der Waals surface area contributed by atoms with Crippen molar-refractivity contribution in [2.45, 2.75) is 43.2 Å². The van der Waals surface area contributed by atoms with Gasteiger partial charge in [-0.25, -0.2) is 4.98 Å². The molecule has 0 radical (unpaired) electrons. The van der Waals surface area contributed by atoms with Crippen molar-refractivity contribution >= 4 is 28.7 Å². The molecule has 166 valence electrons. The van der Waals surface area contributed by atoms with Gasteiger partial charge in [-0.15, -0.1) is 0 Å². The van der Waals surface area contributed by atoms with Crippen LogP contribution in [0.2, 0.25) is 0 Å². The number of hydrogen-bond donors (Lipinski definition) is 1. The van der Waals surface area contributed by atoms with E-state index in [0.29, 0.717) is 17.2 Å². The van der Waals surface area contributed by atoms with Gasteiger partial charge in [-0.05, 0) is 49.4 Å². The summed E-state index contributed by atoms with van der Waals surface area (Å²) >= 11 is 1.15. The molecule has 0 saturated heterocycles. The van der Waals surface area contributed by atoms with Crippen LogP contribution >= 0.6 is 11.8 Å². The topological polar surface area (TPSA) is 70.7 Å². The Hall–Kier alpha value is -2.99. The number of thioether (sulfide) groups is 1. The first-order chi connectivity index (χ1) is 15.2. The molecule has 9 heteroatoms. The number of nitrogens with zero attached hydrogens (tertiary/aromatic N) is 3. The Morgan fingerprint density at radius 2 is 1.97 bits per heavy atom. The highest BCUT2D eigenvalue weighted by Crippen LogP contribution is 2.39. The average Bonchev–Trinajstić information content (AvgIpc) is 3.56. The standard InChI is InChI=1S/C23H21F3N4OS/c1-22(14-27,16-7-8-16)29-20(31)13-32-21-28-18-11-17(23(24,25)26)9-10-19(18)30(21)12-15-5-3-2-4-6-15/h2-6,9-11,16H,7-8,12-13H2,1H3,(H,29,31). The minimum atomic E-state index is -4.46. The molecule has 1 N–H and O–H groups in total. The third-order valence-electron chi connectivity index (χ3n) is 5.58. The minimum Gasteiger partial charge on any atom is -0.337 e. The van der Waals surface area contributed by atoms with E-state index >= 15 is 0 Å². The number of halogens is 3. The molecule has 3 aromatic rings. The van der Waals surface area contributed by atoms with Crippen LogP contribution in [0.1, 0.15) is 30.9 Å². The molecule has 1 aromatic heterocycles. The molecule has 0 aliphatic heterocycles. The summed E-state index contributed by atoms with van der Waals surface area (Å²) in [6.45, 7) is 2.13. The van der Waals surface area contributed by atoms with Gasteiger partial charge in [0, 0.05) is 0 Å². The first-order valence-electron chi connectivity index (χ1n) is 10.2. The van der Waals surface area contributed by atoms with E-state index in [1.165, 1.54) is 6.07 Å². The predicted octanol–water partition coefficient (Wildman–Crippen LogP) is 5.00. The Kier molecular flexibility index (Phi) is 5.91. The number of amides is 1. The average molecular weight is 459 g/mol. The molecule has 1 heterocycles. The fraction of sp³-hybridized carbons (Fsp3) is 0.348. The second kappa shape index (κ2) is 8.51. The van der Waals surface area contributed by atoms with Gasteiger partial charge in [-0.1, -0.05) is 42.1 Å². The van der Waals surface area contributed by atoms with Gasteiger partial charge in [0.05, 0.1) is 35.0 Å². The number of aromatic nitrogens is 2. The molecule has 1 atom stereocenters. The Bertz CT molecular complexity index is 1180. The molecular formula is C23H21F3N4OS. The van der Waals surface area contributed by atoms with Crippen molar-refractivity contribution in [3.63, 3.8) is 0 Å². The summed E-state index contributed by atoms with van der Waals surface area (Å²) in [6, 6.07) is 15.2. The summed E-state index contributed by atoms with van der Waals surface area (Å²) in [6.07, 6.45) is -2.65. The van der Waals surface area contributed by atoms with E-state index in [2.05, 4.69) is 16.4 Å². The Balaban J connectivity index is 1.60. The van der Waals surface area contributed by atoms with Crippen molar-refractivity contribution < 1.29 is 18.0 Å². The highest BCUT2D eigenvalue weighted by molar-refractivity contribution is 7.99. The van der Waals surface area contributed by atoms with Crippen molar-refractivity contribution in [2.75, 3.05) is 5.75 Å². The lowest BCUT2D eigenvalue weighted by atomic mass is 9.98. The lowest BCUT2D eigenvalue weighted by molar-refractivity contribution is -0.137. The highest BCUT2D eigenvalue weighted by Gasteiger charge is 2.43. The molecule has 1 aliphatic rings. The second-order valence-electron chi connectivity index (χ2n) is 8.09. The number of fused-ring (bicyclic) bond motifs is 1. The van der Waals surface area contributed by atoms with E-state index in [9.17, 15) is 23.2 Å². The number of nitriles is 1. The molecule has 1 unspecified atom stereocenters. The van der Waals surface area contributed by atoms with Crippen LogP contribution in [0.15, 0.2) is 53.7 Å². The van der Waals surface area contributed by atoms with Crippen LogP contribution in [0.3, 0.4) is 0 Å². The van der Waals surface area contributed by atoms with Gasteiger partial charge in [0.2, 0.25) is 5.91 Å². The maximum absolute atomic E-state index is 13.2. The van der Waals surface area contributed by atoms with Crippen LogP contribution in [0.25, 0.3) is 11.0 Å². The van der Waals surface area contributed by atoms with Gasteiger partial charge in [-0.2, -0.15) is 18.4 Å². The van der Waals surface area contributed by atoms with Crippen molar-refractivity contribution in [2.24, 2.45) is 5.92 Å². The molecular weight excluding hydrogens is 437 g/mol. The summed E-state index contributed by atoms with van der Waals surface area (Å²) in [5.41, 5.74) is 0.0773. The number of alkyl halides is 3. The minimum absolute atomic E-state index is 0.00816. The van der Waals surface area contributed by atoms with Crippen LogP contribution < -0.4 is 5.32 Å². The third kappa shape index (κ3) is 4.75. The normalized spacial score (nSPS) is 15.8. The van der Waals surface area contributed by atoms with Crippen LogP contribution in [0.4, 0.5) is 13.2 Å². The zero-order valence-corrected chi connectivity index (χ0v) is 18.1. The van der Waals surface area contributed by atoms with Crippen molar-refractivity contribution in [3.8, 4) is 6.07 Å². The largest absolute Gasteiger partial charge is 0.416 e. The fourth-order valence-electron chi connectivity index (χ4n) is 3.65. The van der Waals surface area contributed by atoms with E-state index < -0.39 is 17.3 Å². The fourth-order valence-corrected chi connectivity index (χ4v) is 4.46. The van der Waals surface area contributed by atoms with Crippen LogP contribution in [-0.4, -0.2) is 26.8 Å². The lowest BCUT2D eigenvalue weighted by Crippen LogP contribution is -2.47. The zero-order chi connectivity index (χ0) is 22.9. The number of rotatable bonds is 7. The molecule has 1 aliphatic carbocycles. The molecule has 1 amide bonds. The smallest absolute Gasteiger partial charge is 0.337 e. The van der Waals surface area contributed by atoms with E-state index in [1.54, 1.807) is 6.92 Å². The molecule has 5 nitrogen and oxygen atoms in total. The van der Waals surface area contributed by atoms with Gasteiger partial charge >= 0.3 is 6.18 Å². The summed E-state index contributed by atoms with van der Waals surface area (Å²) < 4.78 is 41.3. The molecule has 1 saturated carbocycles. The highest BCUT2D eigenvalue weighted by atomic mass is 32.2. The maximum Gasteiger partial charge on any atom is 0.416 e. The Morgan fingerprint density at radius 3 is 2.59 bits per heavy atom. The monoisotopic (exact) mass is 458 g/mol. The van der Waals surface area contributed by atoms with Crippen molar-refractivity contribution in [1.29, 1.82) is 5.26 Å². The summed E-state index contributed by atoms with van der Waals surface area (Å²) in [5, 5.41) is 12.7. The SMILES string of the molecule is CC(C#N)(NC(=O)CSc1nc2cc(C(F)(F)F)ccc2n1Cc1ccccc1)C1CC1. The van der Waals surface area contributed by atoms with Crippen molar-refractivity contribution in [3.05, 3.63) is 59.7 Å². The van der Waals surface area contributed by atoms with Crippen molar-refractivity contribution in [1.82, 2.24) is 14.9 Å². The summed E-state index contributed by atoms with van der Waals surface area (Å²) in [4.78, 5) is 16.9. The van der Waals surface area contributed by atoms with E-state index in [4.69, 9.17) is 0 Å². The second-order valence-corrected chi connectivity index (χ2v) is 9.04. The molecule has 0 bridgehead atoms. The lowest BCUT2D eigenvalue weighted by Gasteiger charge is -2.22. The van der Waals surface area contributed by atoms with Gasteiger partial charge in [0.1, 0.15) is 5.54 Å². The molecule has 0 spiro atoms.